The van der Waals surface area contributed by atoms with E-state index in [4.69, 9.17) is 4.74 Å². The van der Waals surface area contributed by atoms with Crippen molar-refractivity contribution in [2.75, 3.05) is 50.8 Å². The van der Waals surface area contributed by atoms with Crippen LogP contribution in [-0.4, -0.2) is 73.8 Å². The highest BCUT2D eigenvalue weighted by atomic mass is 19.4. The number of nitro groups is 1. The number of nitrogens with zero attached hydrogens (tertiary/aromatic N) is 3. The number of nitrogens with one attached hydrogen (secondary N) is 1. The van der Waals surface area contributed by atoms with Crippen LogP contribution in [0, 0.1) is 10.1 Å². The lowest BCUT2D eigenvalue weighted by Crippen LogP contribution is -2.43. The Labute approximate surface area is 178 Å². The first-order valence-electron chi connectivity index (χ1n) is 9.82. The zero-order chi connectivity index (χ0) is 23.6. The average molecular weight is 448 g/mol. The number of benzene rings is 1. The molecule has 0 heterocycles. The fraction of sp³-hybridized carbons (Fsp3) is 0.579. The van der Waals surface area contributed by atoms with Gasteiger partial charge in [0.1, 0.15) is 0 Å². The molecule has 1 rings (SSSR count). The van der Waals surface area contributed by atoms with Gasteiger partial charge in [0.2, 0.25) is 0 Å². The van der Waals surface area contributed by atoms with E-state index in [1.807, 2.05) is 18.7 Å². The number of esters is 1. The normalized spacial score (nSPS) is 11.3. The van der Waals surface area contributed by atoms with Gasteiger partial charge in [-0.1, -0.05) is 13.8 Å². The third kappa shape index (κ3) is 8.04. The molecule has 1 aromatic rings. The second-order valence-electron chi connectivity index (χ2n) is 6.45. The molecule has 0 aliphatic carbocycles. The molecule has 0 radical (unpaired) electrons. The Balaban J connectivity index is 3.24. The van der Waals surface area contributed by atoms with Crippen LogP contribution in [0.3, 0.4) is 0 Å². The number of nitro benzene ring substituents is 1. The fourth-order valence-electron chi connectivity index (χ4n) is 2.84. The largest absolute Gasteiger partial charge is 0.471 e. The molecule has 0 saturated heterocycles. The predicted molar refractivity (Wildman–Crippen MR) is 108 cm³/mol. The summed E-state index contributed by atoms with van der Waals surface area (Å²) in [5.41, 5.74) is -0.0783. The van der Waals surface area contributed by atoms with Gasteiger partial charge in [0.25, 0.3) is 5.69 Å². The fourth-order valence-corrected chi connectivity index (χ4v) is 2.84. The number of alkyl halides is 3. The number of non-ortho nitro benzene ring substituents is 1. The first-order valence-corrected chi connectivity index (χ1v) is 9.82. The first-order chi connectivity index (χ1) is 14.5. The molecule has 174 valence electrons. The van der Waals surface area contributed by atoms with Gasteiger partial charge in [0, 0.05) is 38.3 Å². The molecule has 0 aromatic heterocycles. The minimum Gasteiger partial charge on any atom is -0.462 e. The summed E-state index contributed by atoms with van der Waals surface area (Å²) >= 11 is 0. The maximum absolute atomic E-state index is 12.5. The molecule has 1 aromatic carbocycles. The molecule has 0 fully saturated rings. The molecule has 31 heavy (non-hydrogen) atoms. The Morgan fingerprint density at radius 3 is 2.29 bits per heavy atom. The van der Waals surface area contributed by atoms with E-state index in [1.165, 1.54) is 17.0 Å². The molecule has 0 unspecified atom stereocenters. The highest BCUT2D eigenvalue weighted by Crippen LogP contribution is 2.27. The molecular formula is C19H27F3N4O5. The van der Waals surface area contributed by atoms with Crippen molar-refractivity contribution in [3.8, 4) is 0 Å². The van der Waals surface area contributed by atoms with Gasteiger partial charge in [-0.25, -0.2) is 4.79 Å². The van der Waals surface area contributed by atoms with Crippen molar-refractivity contribution in [3.63, 3.8) is 0 Å². The van der Waals surface area contributed by atoms with Crippen molar-refractivity contribution in [1.29, 1.82) is 0 Å². The van der Waals surface area contributed by atoms with Gasteiger partial charge in [-0.3, -0.25) is 14.9 Å². The van der Waals surface area contributed by atoms with Gasteiger partial charge >= 0.3 is 18.1 Å². The second kappa shape index (κ2) is 12.1. The molecule has 0 atom stereocenters. The molecule has 9 nitrogen and oxygen atoms in total. The number of amides is 1. The Kier molecular flexibility index (Phi) is 10.2. The average Bonchev–Trinajstić information content (AvgIpc) is 2.71. The number of carbonyl (C=O) groups is 2. The number of ether oxygens (including phenoxy) is 1. The molecule has 0 aliphatic heterocycles. The zero-order valence-corrected chi connectivity index (χ0v) is 17.7. The third-order valence-corrected chi connectivity index (χ3v) is 4.53. The van der Waals surface area contributed by atoms with Crippen molar-refractivity contribution in [1.82, 2.24) is 10.2 Å². The quantitative estimate of drug-likeness (QED) is 0.298. The number of halogens is 3. The lowest BCUT2D eigenvalue weighted by molar-refractivity contribution is -0.384. The van der Waals surface area contributed by atoms with Gasteiger partial charge in [-0.2, -0.15) is 13.2 Å². The number of hydrogen-bond donors (Lipinski definition) is 1. The SMILES string of the molecule is CCOC(=O)c1ccc([N+](=O)[O-])cc1N(CCNC(=O)C(F)(F)F)CCN(CC)CC. The molecular weight excluding hydrogens is 421 g/mol. The molecule has 0 bridgehead atoms. The summed E-state index contributed by atoms with van der Waals surface area (Å²) in [5.74, 6) is -2.79. The molecule has 0 saturated carbocycles. The van der Waals surface area contributed by atoms with Crippen LogP contribution in [-0.2, 0) is 9.53 Å². The summed E-state index contributed by atoms with van der Waals surface area (Å²) < 4.78 is 42.4. The Bertz CT molecular complexity index is 769. The number of hydrogen-bond acceptors (Lipinski definition) is 7. The maximum Gasteiger partial charge on any atom is 0.471 e. The van der Waals surface area contributed by atoms with Gasteiger partial charge in [-0.05, 0) is 26.1 Å². The van der Waals surface area contributed by atoms with Gasteiger partial charge in [0.15, 0.2) is 0 Å². The monoisotopic (exact) mass is 448 g/mol. The highest BCUT2D eigenvalue weighted by molar-refractivity contribution is 5.96. The summed E-state index contributed by atoms with van der Waals surface area (Å²) in [7, 11) is 0. The van der Waals surface area contributed by atoms with Crippen molar-refractivity contribution in [2.45, 2.75) is 26.9 Å². The minimum atomic E-state index is -5.02. The van der Waals surface area contributed by atoms with E-state index < -0.39 is 23.0 Å². The van der Waals surface area contributed by atoms with E-state index in [9.17, 15) is 32.9 Å². The highest BCUT2D eigenvalue weighted by Gasteiger charge is 2.38. The molecule has 1 amide bonds. The topological polar surface area (TPSA) is 105 Å². The van der Waals surface area contributed by atoms with Crippen LogP contribution in [0.1, 0.15) is 31.1 Å². The van der Waals surface area contributed by atoms with E-state index in [1.54, 1.807) is 12.2 Å². The summed E-state index contributed by atoms with van der Waals surface area (Å²) in [6.07, 6.45) is -5.02. The smallest absolute Gasteiger partial charge is 0.462 e. The van der Waals surface area contributed by atoms with Crippen molar-refractivity contribution >= 4 is 23.3 Å². The van der Waals surface area contributed by atoms with Crippen LogP contribution < -0.4 is 10.2 Å². The summed E-state index contributed by atoms with van der Waals surface area (Å²) in [6, 6.07) is 3.59. The summed E-state index contributed by atoms with van der Waals surface area (Å²) in [6.45, 7) is 7.28. The Hall–Kier alpha value is -2.89. The molecule has 0 aliphatic rings. The van der Waals surface area contributed by atoms with Crippen LogP contribution in [0.15, 0.2) is 18.2 Å². The standard InChI is InChI=1S/C19H27F3N4O5/c1-4-24(5-2)11-12-25(10-9-23-18(28)19(20,21)22)16-13-14(26(29)30)7-8-15(16)17(27)31-6-3/h7-8,13H,4-6,9-12H2,1-3H3,(H,23,28). The Morgan fingerprint density at radius 1 is 1.13 bits per heavy atom. The van der Waals surface area contributed by atoms with Gasteiger partial charge in [-0.15, -0.1) is 0 Å². The minimum absolute atomic E-state index is 0.0501. The van der Waals surface area contributed by atoms with E-state index in [0.29, 0.717) is 6.54 Å². The molecule has 1 N–H and O–H groups in total. The van der Waals surface area contributed by atoms with Crippen molar-refractivity contribution < 1.29 is 32.4 Å². The lowest BCUT2D eigenvalue weighted by Gasteiger charge is -2.29. The van der Waals surface area contributed by atoms with Crippen LogP contribution >= 0.6 is 0 Å². The number of anilines is 1. The lowest BCUT2D eigenvalue weighted by atomic mass is 10.1. The van der Waals surface area contributed by atoms with E-state index in [0.717, 1.165) is 19.2 Å². The summed E-state index contributed by atoms with van der Waals surface area (Å²) in [5, 5.41) is 13.0. The first kappa shape index (κ1) is 26.1. The van der Waals surface area contributed by atoms with Gasteiger partial charge in [0.05, 0.1) is 22.8 Å². The number of carbonyl (C=O) groups excluding carboxylic acids is 2. The van der Waals surface area contributed by atoms with Crippen LogP contribution in [0.4, 0.5) is 24.5 Å². The van der Waals surface area contributed by atoms with E-state index in [2.05, 4.69) is 0 Å². The third-order valence-electron chi connectivity index (χ3n) is 4.53. The summed E-state index contributed by atoms with van der Waals surface area (Å²) in [4.78, 5) is 37.7. The zero-order valence-electron chi connectivity index (χ0n) is 17.7. The number of rotatable bonds is 12. The van der Waals surface area contributed by atoms with Crippen molar-refractivity contribution in [2.24, 2.45) is 0 Å². The van der Waals surface area contributed by atoms with Crippen LogP contribution in [0.25, 0.3) is 0 Å². The molecule has 0 spiro atoms. The van der Waals surface area contributed by atoms with E-state index >= 15 is 0 Å². The van der Waals surface area contributed by atoms with Crippen LogP contribution in [0.5, 0.6) is 0 Å². The van der Waals surface area contributed by atoms with Gasteiger partial charge < -0.3 is 19.9 Å². The van der Waals surface area contributed by atoms with Crippen molar-refractivity contribution in [3.05, 3.63) is 33.9 Å². The maximum atomic E-state index is 12.5. The predicted octanol–water partition coefficient (Wildman–Crippen LogP) is 2.60. The van der Waals surface area contributed by atoms with Crippen LogP contribution in [0.2, 0.25) is 0 Å². The second-order valence-corrected chi connectivity index (χ2v) is 6.45. The number of likely N-dealkylation sites (N-methyl/N-ethyl adjacent to an activating group) is 1. The van der Waals surface area contributed by atoms with E-state index in [-0.39, 0.29) is 43.2 Å². The Morgan fingerprint density at radius 2 is 1.77 bits per heavy atom. The molecule has 12 heteroatoms.